The Morgan fingerprint density at radius 2 is 1.96 bits per heavy atom. The number of hydrogen-bond acceptors (Lipinski definition) is 5. The van der Waals surface area contributed by atoms with E-state index in [0.717, 1.165) is 62.6 Å². The molecule has 1 N–H and O–H groups in total. The standard InChI is InChI=1S/C21H32N2O4/c1-26-19-7-5-6-17(21(19)27-2)15-22-13-10-18(23-11-3-4-12-23)16(14-22)8-9-20(24)25/h5-7,16,18H,3-4,8-15H2,1-2H3,(H,24,25)/t16-,18+/m0/s1. The maximum atomic E-state index is 11.1. The summed E-state index contributed by atoms with van der Waals surface area (Å²) < 4.78 is 11.0. The number of aliphatic carboxylic acids is 1. The molecule has 6 heteroatoms. The summed E-state index contributed by atoms with van der Waals surface area (Å²) in [4.78, 5) is 16.2. The molecular weight excluding hydrogens is 344 g/mol. The number of likely N-dealkylation sites (tertiary alicyclic amines) is 2. The van der Waals surface area contributed by atoms with E-state index in [1.165, 1.54) is 12.8 Å². The van der Waals surface area contributed by atoms with Gasteiger partial charge in [0.25, 0.3) is 0 Å². The molecule has 1 aromatic carbocycles. The summed E-state index contributed by atoms with van der Waals surface area (Å²) in [5, 5.41) is 9.17. The summed E-state index contributed by atoms with van der Waals surface area (Å²) in [6.07, 6.45) is 4.66. The fourth-order valence-corrected chi connectivity index (χ4v) is 4.70. The number of hydrogen-bond donors (Lipinski definition) is 1. The summed E-state index contributed by atoms with van der Waals surface area (Å²) in [6.45, 7) is 5.10. The molecule has 2 aliphatic rings. The predicted octanol–water partition coefficient (Wildman–Crippen LogP) is 2.85. The molecule has 27 heavy (non-hydrogen) atoms. The molecule has 1 aromatic rings. The molecule has 6 nitrogen and oxygen atoms in total. The van der Waals surface area contributed by atoms with E-state index in [9.17, 15) is 4.79 Å². The Labute approximate surface area is 162 Å². The van der Waals surface area contributed by atoms with Crippen molar-refractivity contribution in [2.24, 2.45) is 5.92 Å². The maximum absolute atomic E-state index is 11.1. The first-order valence-corrected chi connectivity index (χ1v) is 10.0. The second-order valence-electron chi connectivity index (χ2n) is 7.68. The van der Waals surface area contributed by atoms with Crippen LogP contribution in [0.4, 0.5) is 0 Å². The normalized spacial score (nSPS) is 24.1. The third-order valence-electron chi connectivity index (χ3n) is 6.00. The third kappa shape index (κ3) is 4.93. The lowest BCUT2D eigenvalue weighted by atomic mass is 9.87. The van der Waals surface area contributed by atoms with Crippen molar-refractivity contribution in [3.8, 4) is 11.5 Å². The second-order valence-corrected chi connectivity index (χ2v) is 7.68. The largest absolute Gasteiger partial charge is 0.493 e. The van der Waals surface area contributed by atoms with Gasteiger partial charge in [0, 0.05) is 31.1 Å². The van der Waals surface area contributed by atoms with Crippen molar-refractivity contribution >= 4 is 5.97 Å². The van der Waals surface area contributed by atoms with Crippen LogP contribution in [0.25, 0.3) is 0 Å². The number of para-hydroxylation sites is 1. The molecule has 2 fully saturated rings. The Morgan fingerprint density at radius 3 is 2.63 bits per heavy atom. The monoisotopic (exact) mass is 376 g/mol. The highest BCUT2D eigenvalue weighted by atomic mass is 16.5. The van der Waals surface area contributed by atoms with Gasteiger partial charge in [0.15, 0.2) is 11.5 Å². The van der Waals surface area contributed by atoms with Crippen molar-refractivity contribution < 1.29 is 19.4 Å². The van der Waals surface area contributed by atoms with Crippen LogP contribution in [0.5, 0.6) is 11.5 Å². The molecule has 0 bridgehead atoms. The van der Waals surface area contributed by atoms with Gasteiger partial charge >= 0.3 is 5.97 Å². The van der Waals surface area contributed by atoms with Crippen LogP contribution < -0.4 is 9.47 Å². The summed E-state index contributed by atoms with van der Waals surface area (Å²) in [7, 11) is 3.34. The van der Waals surface area contributed by atoms with Gasteiger partial charge in [-0.25, -0.2) is 0 Å². The average molecular weight is 376 g/mol. The number of nitrogens with zero attached hydrogens (tertiary/aromatic N) is 2. The highest BCUT2D eigenvalue weighted by molar-refractivity contribution is 5.66. The molecule has 2 saturated heterocycles. The lowest BCUT2D eigenvalue weighted by Crippen LogP contribution is -2.50. The molecule has 0 spiro atoms. The van der Waals surface area contributed by atoms with Gasteiger partial charge in [-0.2, -0.15) is 0 Å². The topological polar surface area (TPSA) is 62.2 Å². The van der Waals surface area contributed by atoms with E-state index >= 15 is 0 Å². The maximum Gasteiger partial charge on any atom is 0.303 e. The fraction of sp³-hybridized carbons (Fsp3) is 0.667. The summed E-state index contributed by atoms with van der Waals surface area (Å²) in [5.41, 5.74) is 1.12. The Balaban J connectivity index is 1.69. The van der Waals surface area contributed by atoms with Crippen LogP contribution in [0.1, 0.15) is 37.7 Å². The highest BCUT2D eigenvalue weighted by Gasteiger charge is 2.34. The first-order valence-electron chi connectivity index (χ1n) is 10.0. The SMILES string of the molecule is COc1cccc(CN2CC[C@@H](N3CCCC3)[C@@H](CCC(=O)O)C2)c1OC. The molecule has 0 radical (unpaired) electrons. The van der Waals surface area contributed by atoms with E-state index in [2.05, 4.69) is 15.9 Å². The predicted molar refractivity (Wildman–Crippen MR) is 104 cm³/mol. The Morgan fingerprint density at radius 1 is 1.19 bits per heavy atom. The van der Waals surface area contributed by atoms with Crippen LogP contribution in [-0.4, -0.2) is 67.3 Å². The molecule has 2 atom stereocenters. The Bertz CT molecular complexity index is 631. The Hall–Kier alpha value is -1.79. The van der Waals surface area contributed by atoms with Gasteiger partial charge in [-0.15, -0.1) is 0 Å². The molecule has 0 aliphatic carbocycles. The minimum atomic E-state index is -0.693. The number of methoxy groups -OCH3 is 2. The average Bonchev–Trinajstić information content (AvgIpc) is 3.20. The minimum Gasteiger partial charge on any atom is -0.493 e. The molecule has 3 rings (SSSR count). The van der Waals surface area contributed by atoms with Crippen LogP contribution in [0.2, 0.25) is 0 Å². The summed E-state index contributed by atoms with van der Waals surface area (Å²) in [6, 6.07) is 6.52. The number of carbonyl (C=O) groups is 1. The minimum absolute atomic E-state index is 0.255. The lowest BCUT2D eigenvalue weighted by Gasteiger charge is -2.43. The van der Waals surface area contributed by atoms with Crippen molar-refractivity contribution in [2.75, 3.05) is 40.4 Å². The molecule has 0 amide bonds. The number of carboxylic acids is 1. The molecule has 2 heterocycles. The number of rotatable bonds is 8. The fourth-order valence-electron chi connectivity index (χ4n) is 4.70. The molecule has 0 aromatic heterocycles. The zero-order valence-electron chi connectivity index (χ0n) is 16.5. The summed E-state index contributed by atoms with van der Waals surface area (Å²) >= 11 is 0. The van der Waals surface area contributed by atoms with Gasteiger partial charge in [-0.1, -0.05) is 12.1 Å². The van der Waals surface area contributed by atoms with E-state index in [4.69, 9.17) is 14.6 Å². The number of benzene rings is 1. The van der Waals surface area contributed by atoms with Crippen LogP contribution in [0, 0.1) is 5.92 Å². The van der Waals surface area contributed by atoms with Crippen LogP contribution >= 0.6 is 0 Å². The number of carboxylic acid groups (broad SMARTS) is 1. The molecule has 2 aliphatic heterocycles. The quantitative estimate of drug-likeness (QED) is 0.753. The molecular formula is C21H32N2O4. The van der Waals surface area contributed by atoms with Crippen molar-refractivity contribution in [3.63, 3.8) is 0 Å². The first kappa shape index (κ1) is 20.0. The smallest absolute Gasteiger partial charge is 0.303 e. The summed E-state index contributed by atoms with van der Waals surface area (Å²) in [5.74, 6) is 1.26. The van der Waals surface area contributed by atoms with Crippen molar-refractivity contribution in [1.29, 1.82) is 0 Å². The van der Waals surface area contributed by atoms with Crippen molar-refractivity contribution in [3.05, 3.63) is 23.8 Å². The lowest BCUT2D eigenvalue weighted by molar-refractivity contribution is -0.137. The van der Waals surface area contributed by atoms with E-state index < -0.39 is 5.97 Å². The molecule has 150 valence electrons. The van der Waals surface area contributed by atoms with Gasteiger partial charge < -0.3 is 19.5 Å². The Kier molecular flexibility index (Phi) is 6.96. The first-order chi connectivity index (χ1) is 13.1. The molecule has 0 saturated carbocycles. The van der Waals surface area contributed by atoms with Gasteiger partial charge in [-0.05, 0) is 57.3 Å². The van der Waals surface area contributed by atoms with E-state index in [1.54, 1.807) is 14.2 Å². The third-order valence-corrected chi connectivity index (χ3v) is 6.00. The van der Waals surface area contributed by atoms with Gasteiger partial charge in [-0.3, -0.25) is 9.69 Å². The van der Waals surface area contributed by atoms with Crippen molar-refractivity contribution in [1.82, 2.24) is 9.80 Å². The van der Waals surface area contributed by atoms with Crippen LogP contribution in [0.15, 0.2) is 18.2 Å². The van der Waals surface area contributed by atoms with Gasteiger partial charge in [0.1, 0.15) is 0 Å². The van der Waals surface area contributed by atoms with E-state index in [1.807, 2.05) is 12.1 Å². The number of ether oxygens (including phenoxy) is 2. The molecule has 0 unspecified atom stereocenters. The highest BCUT2D eigenvalue weighted by Crippen LogP contribution is 2.34. The van der Waals surface area contributed by atoms with E-state index in [0.29, 0.717) is 12.0 Å². The zero-order chi connectivity index (χ0) is 19.2. The van der Waals surface area contributed by atoms with Crippen LogP contribution in [0.3, 0.4) is 0 Å². The van der Waals surface area contributed by atoms with Gasteiger partial charge in [0.05, 0.1) is 14.2 Å². The number of piperidine rings is 1. The zero-order valence-corrected chi connectivity index (χ0v) is 16.5. The van der Waals surface area contributed by atoms with Gasteiger partial charge in [0.2, 0.25) is 0 Å². The van der Waals surface area contributed by atoms with Crippen LogP contribution in [-0.2, 0) is 11.3 Å². The second kappa shape index (κ2) is 9.42. The van der Waals surface area contributed by atoms with Crippen molar-refractivity contribution in [2.45, 2.75) is 44.7 Å². The van der Waals surface area contributed by atoms with E-state index in [-0.39, 0.29) is 6.42 Å².